The third-order valence-electron chi connectivity index (χ3n) is 5.63. The van der Waals surface area contributed by atoms with Crippen LogP contribution in [-0.2, 0) is 13.0 Å². The number of carbonyl (C=O) groups excluding carboxylic acids is 1. The molecule has 2 aromatic heterocycles. The fourth-order valence-electron chi connectivity index (χ4n) is 3.76. The third-order valence-corrected chi connectivity index (χ3v) is 5.63. The molecule has 0 atom stereocenters. The fraction of sp³-hybridized carbons (Fsp3) is 0.357. The lowest BCUT2D eigenvalue weighted by atomic mass is 10.0. The highest BCUT2D eigenvalue weighted by Gasteiger charge is 2.17. The van der Waals surface area contributed by atoms with Crippen LogP contribution in [0, 0.1) is 12.3 Å². The topological polar surface area (TPSA) is 181 Å². The van der Waals surface area contributed by atoms with Gasteiger partial charge in [-0.2, -0.15) is 0 Å². The average molecular weight is 528 g/mol. The molecule has 1 amide bonds. The van der Waals surface area contributed by atoms with Crippen molar-refractivity contribution in [3.05, 3.63) is 88.9 Å². The van der Waals surface area contributed by atoms with E-state index in [1.54, 1.807) is 24.4 Å². The van der Waals surface area contributed by atoms with Gasteiger partial charge in [0.2, 0.25) is 0 Å². The maximum atomic E-state index is 12.6. The summed E-state index contributed by atoms with van der Waals surface area (Å²) in [4.78, 5) is 23.3. The van der Waals surface area contributed by atoms with Crippen LogP contribution in [0.15, 0.2) is 60.8 Å². The minimum absolute atomic E-state index is 0. The third kappa shape index (κ3) is 9.98. The molecule has 0 unspecified atom stereocenters. The number of carbonyl (C=O) groups is 1. The Hall–Kier alpha value is -3.70. The van der Waals surface area contributed by atoms with Crippen LogP contribution >= 0.6 is 0 Å². The fourth-order valence-corrected chi connectivity index (χ4v) is 3.76. The smallest absolute Gasteiger partial charge is 0.275 e. The first-order valence-corrected chi connectivity index (χ1v) is 12.2. The number of hydrogen-bond donors (Lipinski definition) is 5. The van der Waals surface area contributed by atoms with Crippen LogP contribution in [0.3, 0.4) is 0 Å². The average Bonchev–Trinajstić information content (AvgIpc) is 2.90. The standard InChI is InChI=1S/C20H26N6O.C7H8.CH4O.H3N.H2O.H2/c1-4-26(13(2)3)19(21)16-6-5-7-18(24-16)25-20(27)17-10-15-11-22-9-8-14(15)12-23-17;1-7-5-3-2-4-6-7;1-2;;;/h5-7,10,12-13,21-22H,4,8-9,11H2,1-3H3,(H,24,25,27);2-6H,1H3;2H,1H3;1H3;1H2;1H. The van der Waals surface area contributed by atoms with Gasteiger partial charge in [0.25, 0.3) is 5.91 Å². The molecule has 3 aromatic rings. The minimum atomic E-state index is -0.296. The summed E-state index contributed by atoms with van der Waals surface area (Å²) < 4.78 is 0. The number of nitrogens with one attached hydrogen (secondary N) is 3. The Labute approximate surface area is 227 Å². The van der Waals surface area contributed by atoms with Gasteiger partial charge in [-0.3, -0.25) is 15.2 Å². The van der Waals surface area contributed by atoms with Crippen molar-refractivity contribution in [2.24, 2.45) is 0 Å². The van der Waals surface area contributed by atoms with Gasteiger partial charge < -0.3 is 32.3 Å². The molecule has 1 aliphatic rings. The number of aryl methyl sites for hydroxylation is 1. The van der Waals surface area contributed by atoms with Crippen LogP contribution in [0.2, 0.25) is 0 Å². The summed E-state index contributed by atoms with van der Waals surface area (Å²) in [6, 6.07) is 17.6. The van der Waals surface area contributed by atoms with E-state index >= 15 is 0 Å². The number of aromatic nitrogens is 2. The molecular weight excluding hydrogens is 482 g/mol. The Morgan fingerprint density at radius 2 is 1.82 bits per heavy atom. The van der Waals surface area contributed by atoms with Gasteiger partial charge in [-0.25, -0.2) is 4.98 Å². The number of aliphatic hydroxyl groups is 1. The first kappa shape index (κ1) is 34.3. The van der Waals surface area contributed by atoms with E-state index in [2.05, 4.69) is 39.7 Å². The maximum Gasteiger partial charge on any atom is 0.275 e. The highest BCUT2D eigenvalue weighted by molar-refractivity contribution is 6.03. The van der Waals surface area contributed by atoms with Gasteiger partial charge >= 0.3 is 0 Å². The Kier molecular flexibility index (Phi) is 16.0. The van der Waals surface area contributed by atoms with Gasteiger partial charge in [0.1, 0.15) is 23.0 Å². The SMILES string of the molecule is CCN(C(=N)c1cccc(NC(=O)c2cc3c(cn2)CCNC3)n1)C(C)C.CO.Cc1ccccc1.N.O.[HH]. The van der Waals surface area contributed by atoms with Crippen LogP contribution in [0.4, 0.5) is 5.82 Å². The lowest BCUT2D eigenvalue weighted by molar-refractivity contribution is 0.102. The molecule has 0 bridgehead atoms. The lowest BCUT2D eigenvalue weighted by Gasteiger charge is -2.27. The van der Waals surface area contributed by atoms with Crippen molar-refractivity contribution in [3.63, 3.8) is 0 Å². The van der Waals surface area contributed by atoms with E-state index in [1.165, 1.54) is 11.1 Å². The van der Waals surface area contributed by atoms with Crippen molar-refractivity contribution in [2.75, 3.05) is 25.5 Å². The second-order valence-corrected chi connectivity index (χ2v) is 8.51. The lowest BCUT2D eigenvalue weighted by Crippen LogP contribution is -2.37. The molecule has 10 nitrogen and oxygen atoms in total. The van der Waals surface area contributed by atoms with E-state index in [4.69, 9.17) is 10.5 Å². The Morgan fingerprint density at radius 3 is 2.39 bits per heavy atom. The molecule has 0 spiro atoms. The largest absolute Gasteiger partial charge is 0.412 e. The molecule has 0 fully saturated rings. The normalized spacial score (nSPS) is 11.1. The van der Waals surface area contributed by atoms with E-state index in [0.717, 1.165) is 38.7 Å². The molecule has 0 saturated heterocycles. The minimum Gasteiger partial charge on any atom is -0.412 e. The van der Waals surface area contributed by atoms with E-state index < -0.39 is 0 Å². The predicted octanol–water partition coefficient (Wildman–Crippen LogP) is 3.62. The maximum absolute atomic E-state index is 12.6. The number of fused-ring (bicyclic) bond motifs is 1. The Balaban J connectivity index is 0. The van der Waals surface area contributed by atoms with Crippen LogP contribution in [0.25, 0.3) is 0 Å². The molecule has 0 radical (unpaired) electrons. The van der Waals surface area contributed by atoms with Crippen LogP contribution in [0.1, 0.15) is 55.1 Å². The molecule has 38 heavy (non-hydrogen) atoms. The summed E-state index contributed by atoms with van der Waals surface area (Å²) >= 11 is 0. The number of amidine groups is 1. The summed E-state index contributed by atoms with van der Waals surface area (Å²) in [6.07, 6.45) is 2.71. The number of benzene rings is 1. The summed E-state index contributed by atoms with van der Waals surface area (Å²) in [5, 5.41) is 21.5. The number of anilines is 1. The number of aliphatic hydroxyl groups excluding tert-OH is 1. The number of nitrogens with zero attached hydrogens (tertiary/aromatic N) is 3. The summed E-state index contributed by atoms with van der Waals surface area (Å²) in [7, 11) is 1.00. The summed E-state index contributed by atoms with van der Waals surface area (Å²) in [5.74, 6) is 0.469. The van der Waals surface area contributed by atoms with Gasteiger partial charge in [-0.15, -0.1) is 0 Å². The number of rotatable bonds is 5. The zero-order chi connectivity index (χ0) is 26.5. The van der Waals surface area contributed by atoms with Crippen molar-refractivity contribution in [1.29, 1.82) is 5.41 Å². The van der Waals surface area contributed by atoms with Gasteiger partial charge in [0, 0.05) is 33.9 Å². The Bertz CT molecular complexity index is 1130. The van der Waals surface area contributed by atoms with E-state index in [0.29, 0.717) is 23.0 Å². The number of pyridine rings is 2. The van der Waals surface area contributed by atoms with Gasteiger partial charge in [-0.1, -0.05) is 42.0 Å². The number of hydrogen-bond acceptors (Lipinski definition) is 7. The van der Waals surface area contributed by atoms with Crippen LogP contribution < -0.4 is 16.8 Å². The molecule has 3 heterocycles. The highest BCUT2D eigenvalue weighted by Crippen LogP contribution is 2.15. The second kappa shape index (κ2) is 17.7. The van der Waals surface area contributed by atoms with Crippen molar-refractivity contribution in [2.45, 2.75) is 46.7 Å². The highest BCUT2D eigenvalue weighted by atomic mass is 16.2. The second-order valence-electron chi connectivity index (χ2n) is 8.51. The van der Waals surface area contributed by atoms with Crippen LogP contribution in [0.5, 0.6) is 0 Å². The van der Waals surface area contributed by atoms with Crippen molar-refractivity contribution in [1.82, 2.24) is 26.3 Å². The van der Waals surface area contributed by atoms with Crippen molar-refractivity contribution >= 4 is 17.6 Å². The van der Waals surface area contributed by atoms with Crippen molar-refractivity contribution in [3.8, 4) is 0 Å². The van der Waals surface area contributed by atoms with Gasteiger partial charge in [0.15, 0.2) is 0 Å². The molecule has 4 rings (SSSR count). The van der Waals surface area contributed by atoms with Gasteiger partial charge in [-0.05, 0) is 70.0 Å². The quantitative estimate of drug-likeness (QED) is 0.248. The molecule has 0 aliphatic carbocycles. The molecule has 0 saturated carbocycles. The zero-order valence-electron chi connectivity index (χ0n) is 23.1. The van der Waals surface area contributed by atoms with Gasteiger partial charge in [0.05, 0.1) is 0 Å². The summed E-state index contributed by atoms with van der Waals surface area (Å²) in [5.41, 5.74) is 4.53. The van der Waals surface area contributed by atoms with Crippen LogP contribution in [-0.4, -0.2) is 63.4 Å². The van der Waals surface area contributed by atoms with E-state index in [-0.39, 0.29) is 25.0 Å². The number of amides is 1. The predicted molar refractivity (Wildman–Crippen MR) is 156 cm³/mol. The molecule has 1 aromatic carbocycles. The molecule has 9 N–H and O–H groups in total. The molecule has 10 heteroatoms. The van der Waals surface area contributed by atoms with Crippen molar-refractivity contribution < 1.29 is 16.8 Å². The molecule has 210 valence electrons. The first-order chi connectivity index (χ1) is 17.4. The first-order valence-electron chi connectivity index (χ1n) is 12.2. The summed E-state index contributed by atoms with van der Waals surface area (Å²) in [6.45, 7) is 10.6. The molecular formula is C28H45N7O3. The van der Waals surface area contributed by atoms with E-state index in [9.17, 15) is 4.79 Å². The zero-order valence-corrected chi connectivity index (χ0v) is 23.1. The Morgan fingerprint density at radius 1 is 1.13 bits per heavy atom. The monoisotopic (exact) mass is 527 g/mol. The molecule has 1 aliphatic heterocycles. The van der Waals surface area contributed by atoms with E-state index in [1.807, 2.05) is 49.9 Å².